The molecule has 0 bridgehead atoms. The van der Waals surface area contributed by atoms with Crippen LogP contribution in [-0.2, 0) is 4.43 Å². The molecule has 0 spiro atoms. The maximum atomic E-state index is 10.8. The fourth-order valence-electron chi connectivity index (χ4n) is 3.63. The van der Waals surface area contributed by atoms with Gasteiger partial charge >= 0.3 is 0 Å². The van der Waals surface area contributed by atoms with E-state index in [0.717, 1.165) is 19.3 Å². The summed E-state index contributed by atoms with van der Waals surface area (Å²) in [6, 6.07) is 3.57. The van der Waals surface area contributed by atoms with Gasteiger partial charge in [0.05, 0.1) is 14.2 Å². The Balaban J connectivity index is 5.99. The Morgan fingerprint density at radius 3 is 1.93 bits per heavy atom. The van der Waals surface area contributed by atoms with Gasteiger partial charge in [0.1, 0.15) is 0 Å². The van der Waals surface area contributed by atoms with Crippen LogP contribution in [0.1, 0.15) is 74.7 Å². The highest BCUT2D eigenvalue weighted by Crippen LogP contribution is 2.43. The molecule has 0 saturated heterocycles. The van der Waals surface area contributed by atoms with E-state index in [4.69, 9.17) is 4.43 Å². The Hall–Kier alpha value is -0.166. The van der Waals surface area contributed by atoms with Crippen LogP contribution in [0, 0.1) is 5.92 Å². The van der Waals surface area contributed by atoms with Crippen molar-refractivity contribution in [2.24, 2.45) is 5.92 Å². The number of aliphatic hydroxyl groups is 1. The predicted molar refractivity (Wildman–Crippen MR) is 132 cm³/mol. The van der Waals surface area contributed by atoms with E-state index in [1.54, 1.807) is 0 Å². The molecule has 0 fully saturated rings. The van der Waals surface area contributed by atoms with E-state index in [2.05, 4.69) is 74.2 Å². The molecule has 1 N–H and O–H groups in total. The molecule has 0 amide bonds. The fourth-order valence-corrected chi connectivity index (χ4v) is 8.83. The van der Waals surface area contributed by atoms with Crippen LogP contribution in [0.4, 0.5) is 0 Å². The average Bonchev–Trinajstić information content (AvgIpc) is 2.63. The van der Waals surface area contributed by atoms with Crippen molar-refractivity contribution in [3.63, 3.8) is 0 Å². The smallest absolute Gasteiger partial charge is 0.192 e. The molecular weight excluding hydrogens is 376 g/mol. The number of hydrogen-bond donors (Lipinski definition) is 1. The first-order valence-electron chi connectivity index (χ1n) is 11.5. The van der Waals surface area contributed by atoms with Gasteiger partial charge in [-0.05, 0) is 36.0 Å². The maximum absolute atomic E-state index is 10.8. The van der Waals surface area contributed by atoms with E-state index in [1.165, 1.54) is 23.3 Å². The third-order valence-corrected chi connectivity index (χ3v) is 17.8. The van der Waals surface area contributed by atoms with E-state index < -0.39 is 22.5 Å². The van der Waals surface area contributed by atoms with Crippen LogP contribution < -0.4 is 0 Å². The molecule has 0 rings (SSSR count). The normalized spacial score (nSPS) is 17.3. The minimum atomic E-state index is -1.75. The first-order chi connectivity index (χ1) is 12.8. The molecule has 0 aromatic rings. The monoisotopic (exact) mass is 426 g/mol. The molecule has 0 heterocycles. The van der Waals surface area contributed by atoms with Crippen LogP contribution in [0.3, 0.4) is 0 Å². The summed E-state index contributed by atoms with van der Waals surface area (Å²) in [4.78, 5) is 0. The van der Waals surface area contributed by atoms with E-state index >= 15 is 0 Å². The lowest BCUT2D eigenvalue weighted by atomic mass is 10.0. The lowest BCUT2D eigenvalue weighted by Gasteiger charge is -2.42. The van der Waals surface area contributed by atoms with Crippen molar-refractivity contribution in [2.45, 2.75) is 123 Å². The van der Waals surface area contributed by atoms with Gasteiger partial charge in [-0.3, -0.25) is 0 Å². The third-order valence-electron chi connectivity index (χ3n) is 7.37. The molecule has 2 nitrogen and oxygen atoms in total. The summed E-state index contributed by atoms with van der Waals surface area (Å²) in [6.07, 6.45) is 7.06. The van der Waals surface area contributed by atoms with Gasteiger partial charge in [0, 0.05) is 12.0 Å². The van der Waals surface area contributed by atoms with E-state index in [9.17, 15) is 5.11 Å². The number of rotatable bonds is 13. The Kier molecular flexibility index (Phi) is 11.8. The highest BCUT2D eigenvalue weighted by Gasteiger charge is 2.40. The first kappa shape index (κ1) is 27.8. The molecule has 0 radical (unpaired) electrons. The zero-order valence-electron chi connectivity index (χ0n) is 20.7. The summed E-state index contributed by atoms with van der Waals surface area (Å²) in [7, 11) is -3.40. The van der Waals surface area contributed by atoms with Gasteiger partial charge < -0.3 is 9.53 Å². The van der Waals surface area contributed by atoms with Crippen LogP contribution in [0.15, 0.2) is 23.9 Å². The molecule has 166 valence electrons. The van der Waals surface area contributed by atoms with Crippen molar-refractivity contribution in [2.75, 3.05) is 0 Å². The molecule has 4 heteroatoms. The summed E-state index contributed by atoms with van der Waals surface area (Å²) in [5, 5.41) is 12.5. The molecule has 0 aromatic carbocycles. The molecule has 28 heavy (non-hydrogen) atoms. The van der Waals surface area contributed by atoms with Crippen LogP contribution in [0.5, 0.6) is 0 Å². The van der Waals surface area contributed by atoms with E-state index in [-0.39, 0.29) is 17.1 Å². The fraction of sp³-hybridized carbons (Fsp3) is 0.833. The highest BCUT2D eigenvalue weighted by atomic mass is 28.4. The standard InChI is InChI=1S/C24H50O2Si2/c1-12-17-21(26-28(14-3,15-4)16-5)18-22(19-23(25)20(6)13-2)27(10,11)24(7,8)9/h13,19-21,23,25H,2,12,14-18H2,1,3-11H3/b22-19-/t20-,21+,23+/m0/s1. The zero-order chi connectivity index (χ0) is 22.2. The number of hydrogen-bond acceptors (Lipinski definition) is 2. The quantitative estimate of drug-likeness (QED) is 0.241. The average molecular weight is 427 g/mol. The van der Waals surface area contributed by atoms with Crippen molar-refractivity contribution in [3.8, 4) is 0 Å². The molecule has 3 atom stereocenters. The summed E-state index contributed by atoms with van der Waals surface area (Å²) < 4.78 is 6.95. The molecule has 0 unspecified atom stereocenters. The predicted octanol–water partition coefficient (Wildman–Crippen LogP) is 7.72. The Morgan fingerprint density at radius 2 is 1.57 bits per heavy atom. The van der Waals surface area contributed by atoms with Crippen LogP contribution >= 0.6 is 0 Å². The lowest BCUT2D eigenvalue weighted by Crippen LogP contribution is -2.44. The summed E-state index contributed by atoms with van der Waals surface area (Å²) >= 11 is 0. The minimum absolute atomic E-state index is 0.0701. The van der Waals surface area contributed by atoms with E-state index in [0.29, 0.717) is 0 Å². The highest BCUT2D eigenvalue weighted by molar-refractivity contribution is 6.86. The molecule has 0 aliphatic rings. The van der Waals surface area contributed by atoms with Gasteiger partial charge in [-0.25, -0.2) is 0 Å². The van der Waals surface area contributed by atoms with Gasteiger partial charge in [-0.15, -0.1) is 6.58 Å². The zero-order valence-corrected chi connectivity index (χ0v) is 22.7. The largest absolute Gasteiger partial charge is 0.414 e. The van der Waals surface area contributed by atoms with Crippen molar-refractivity contribution in [3.05, 3.63) is 23.9 Å². The Bertz CT molecular complexity index is 479. The van der Waals surface area contributed by atoms with Crippen LogP contribution in [0.2, 0.25) is 36.3 Å². The van der Waals surface area contributed by atoms with Crippen molar-refractivity contribution < 1.29 is 9.53 Å². The lowest BCUT2D eigenvalue weighted by molar-refractivity contribution is 0.171. The second-order valence-corrected chi connectivity index (χ2v) is 20.2. The van der Waals surface area contributed by atoms with Crippen molar-refractivity contribution >= 4 is 16.4 Å². The topological polar surface area (TPSA) is 29.5 Å². The Labute approximate surface area is 179 Å². The van der Waals surface area contributed by atoms with Crippen LogP contribution in [0.25, 0.3) is 0 Å². The summed E-state index contributed by atoms with van der Waals surface area (Å²) in [5.74, 6) is 0.0701. The van der Waals surface area contributed by atoms with Crippen molar-refractivity contribution in [1.29, 1.82) is 0 Å². The first-order valence-corrected chi connectivity index (χ1v) is 17.1. The molecule has 0 aromatic heterocycles. The summed E-state index contributed by atoms with van der Waals surface area (Å²) in [6.45, 7) is 27.1. The molecule has 0 aliphatic carbocycles. The van der Waals surface area contributed by atoms with Gasteiger partial charge in [0.25, 0.3) is 0 Å². The van der Waals surface area contributed by atoms with E-state index in [1.807, 2.05) is 13.0 Å². The van der Waals surface area contributed by atoms with Crippen LogP contribution in [-0.4, -0.2) is 33.7 Å². The third kappa shape index (κ3) is 7.58. The summed E-state index contributed by atoms with van der Waals surface area (Å²) in [5.41, 5.74) is 0. The van der Waals surface area contributed by atoms with Gasteiger partial charge in [-0.2, -0.15) is 0 Å². The SMILES string of the molecule is C=C[C@H](C)[C@H](O)/C=C(/C[C@@H](CCC)O[Si](CC)(CC)CC)[Si](C)(C)C(C)(C)C. The molecule has 0 aliphatic heterocycles. The van der Waals surface area contributed by atoms with Gasteiger partial charge in [0.2, 0.25) is 0 Å². The van der Waals surface area contributed by atoms with Gasteiger partial charge in [-0.1, -0.05) is 92.3 Å². The second-order valence-electron chi connectivity index (χ2n) is 10.1. The van der Waals surface area contributed by atoms with Gasteiger partial charge in [0.15, 0.2) is 8.32 Å². The Morgan fingerprint density at radius 1 is 1.07 bits per heavy atom. The minimum Gasteiger partial charge on any atom is -0.414 e. The second kappa shape index (κ2) is 11.9. The maximum Gasteiger partial charge on any atom is 0.192 e. The van der Waals surface area contributed by atoms with Crippen molar-refractivity contribution in [1.82, 2.24) is 0 Å². The molecule has 0 saturated carbocycles. The molecular formula is C24H50O2Si2. The number of aliphatic hydroxyl groups excluding tert-OH is 1.